The van der Waals surface area contributed by atoms with Crippen molar-refractivity contribution in [3.05, 3.63) is 29.8 Å². The van der Waals surface area contributed by atoms with Gasteiger partial charge in [0.1, 0.15) is 0 Å². The molecule has 1 saturated carbocycles. The molecule has 0 unspecified atom stereocenters. The Bertz CT molecular complexity index is 682. The fourth-order valence-electron chi connectivity index (χ4n) is 3.98. The van der Waals surface area contributed by atoms with Gasteiger partial charge in [0.25, 0.3) is 5.91 Å². The maximum Gasteiger partial charge on any atom is 0.307 e. The van der Waals surface area contributed by atoms with Gasteiger partial charge in [-0.1, -0.05) is 18.9 Å². The Morgan fingerprint density at radius 2 is 1.65 bits per heavy atom. The van der Waals surface area contributed by atoms with Gasteiger partial charge < -0.3 is 15.3 Å². The number of amides is 2. The molecule has 2 fully saturated rings. The van der Waals surface area contributed by atoms with E-state index in [1.165, 1.54) is 0 Å². The van der Waals surface area contributed by atoms with E-state index in [0.29, 0.717) is 24.1 Å². The summed E-state index contributed by atoms with van der Waals surface area (Å²) in [5.74, 6) is -2.31. The summed E-state index contributed by atoms with van der Waals surface area (Å²) in [6.45, 7) is 1.55. The molecule has 2 atom stereocenters. The summed E-state index contributed by atoms with van der Waals surface area (Å²) in [6, 6.07) is 6.94. The van der Waals surface area contributed by atoms with Crippen LogP contribution < -0.4 is 5.32 Å². The van der Waals surface area contributed by atoms with Gasteiger partial charge in [-0.2, -0.15) is 0 Å². The van der Waals surface area contributed by atoms with Gasteiger partial charge in [0.15, 0.2) is 0 Å². The first kappa shape index (κ1) is 18.4. The third-order valence-corrected chi connectivity index (χ3v) is 5.44. The van der Waals surface area contributed by atoms with E-state index in [1.54, 1.807) is 24.3 Å². The highest BCUT2D eigenvalue weighted by atomic mass is 16.4. The van der Waals surface area contributed by atoms with Crippen LogP contribution in [0, 0.1) is 11.8 Å². The van der Waals surface area contributed by atoms with Gasteiger partial charge in [-0.25, -0.2) is 0 Å². The molecule has 1 saturated heterocycles. The minimum Gasteiger partial charge on any atom is -0.481 e. The van der Waals surface area contributed by atoms with Gasteiger partial charge in [0.2, 0.25) is 5.91 Å². The zero-order valence-electron chi connectivity index (χ0n) is 14.9. The Labute approximate surface area is 153 Å². The number of piperidine rings is 1. The lowest BCUT2D eigenvalue weighted by Crippen LogP contribution is -2.36. The number of aliphatic carboxylic acids is 1. The van der Waals surface area contributed by atoms with Gasteiger partial charge in [-0.3, -0.25) is 14.4 Å². The zero-order valence-corrected chi connectivity index (χ0v) is 14.9. The lowest BCUT2D eigenvalue weighted by atomic mass is 9.78. The van der Waals surface area contributed by atoms with Crippen LogP contribution >= 0.6 is 0 Å². The number of carbonyl (C=O) groups excluding carboxylic acids is 2. The van der Waals surface area contributed by atoms with E-state index in [0.717, 1.165) is 45.2 Å². The summed E-state index contributed by atoms with van der Waals surface area (Å²) in [7, 11) is 0. The number of nitrogens with one attached hydrogen (secondary N) is 1. The van der Waals surface area contributed by atoms with E-state index >= 15 is 0 Å². The van der Waals surface area contributed by atoms with Crippen molar-refractivity contribution in [2.45, 2.75) is 44.9 Å². The van der Waals surface area contributed by atoms with E-state index in [2.05, 4.69) is 5.32 Å². The molecule has 0 spiro atoms. The summed E-state index contributed by atoms with van der Waals surface area (Å²) >= 11 is 0. The predicted molar refractivity (Wildman–Crippen MR) is 97.9 cm³/mol. The van der Waals surface area contributed by atoms with Crippen LogP contribution in [-0.2, 0) is 9.59 Å². The second kappa shape index (κ2) is 8.34. The van der Waals surface area contributed by atoms with Gasteiger partial charge in [-0.05, 0) is 50.3 Å². The molecular weight excluding hydrogens is 332 g/mol. The molecule has 2 amide bonds. The van der Waals surface area contributed by atoms with Crippen molar-refractivity contribution in [2.75, 3.05) is 18.4 Å². The van der Waals surface area contributed by atoms with E-state index in [1.807, 2.05) is 4.90 Å². The van der Waals surface area contributed by atoms with Crippen LogP contribution in [0.25, 0.3) is 0 Å². The molecule has 140 valence electrons. The minimum absolute atomic E-state index is 0.0122. The molecule has 3 rings (SSSR count). The Hall–Kier alpha value is -2.37. The summed E-state index contributed by atoms with van der Waals surface area (Å²) < 4.78 is 0. The van der Waals surface area contributed by atoms with Crippen molar-refractivity contribution in [3.63, 3.8) is 0 Å². The van der Waals surface area contributed by atoms with Crippen LogP contribution in [0.3, 0.4) is 0 Å². The molecule has 1 aliphatic heterocycles. The molecule has 6 nitrogen and oxygen atoms in total. The second-order valence-electron chi connectivity index (χ2n) is 7.26. The van der Waals surface area contributed by atoms with Crippen molar-refractivity contribution < 1.29 is 19.5 Å². The molecular formula is C20H26N2O4. The molecule has 1 aromatic rings. The number of likely N-dealkylation sites (tertiary alicyclic amines) is 1. The molecule has 2 N–H and O–H groups in total. The first-order valence-corrected chi connectivity index (χ1v) is 9.49. The molecule has 1 heterocycles. The van der Waals surface area contributed by atoms with Crippen molar-refractivity contribution >= 4 is 23.5 Å². The Balaban J connectivity index is 1.68. The lowest BCUT2D eigenvalue weighted by molar-refractivity contribution is -0.147. The third kappa shape index (κ3) is 4.23. The summed E-state index contributed by atoms with van der Waals surface area (Å²) in [5.41, 5.74) is 1.11. The molecule has 0 radical (unpaired) electrons. The molecule has 0 aromatic heterocycles. The topological polar surface area (TPSA) is 86.7 Å². The quantitative estimate of drug-likeness (QED) is 0.866. The highest BCUT2D eigenvalue weighted by Crippen LogP contribution is 2.31. The fraction of sp³-hybridized carbons (Fsp3) is 0.550. The Morgan fingerprint density at radius 1 is 0.962 bits per heavy atom. The van der Waals surface area contributed by atoms with Crippen LogP contribution in [0.4, 0.5) is 5.69 Å². The SMILES string of the molecule is O=C(Nc1cccc(C(=O)N2CCCCC2)c1)[C@H]1CCCC[C@H]1C(=O)O. The largest absolute Gasteiger partial charge is 0.481 e. The van der Waals surface area contributed by atoms with Crippen LogP contribution in [0.15, 0.2) is 24.3 Å². The number of hydrogen-bond donors (Lipinski definition) is 2. The standard InChI is InChI=1S/C20H26N2O4/c23-18(16-9-2-3-10-17(16)20(25)26)21-15-8-6-7-14(13-15)19(24)22-11-4-1-5-12-22/h6-8,13,16-17H,1-5,9-12H2,(H,21,23)(H,25,26)/t16-,17+/m0/s1. The lowest BCUT2D eigenvalue weighted by Gasteiger charge is -2.28. The van der Waals surface area contributed by atoms with Crippen LogP contribution in [0.5, 0.6) is 0 Å². The number of rotatable bonds is 4. The van der Waals surface area contributed by atoms with E-state index in [-0.39, 0.29) is 11.8 Å². The van der Waals surface area contributed by atoms with Crippen molar-refractivity contribution in [1.29, 1.82) is 0 Å². The van der Waals surface area contributed by atoms with Gasteiger partial charge in [0, 0.05) is 24.3 Å². The molecule has 6 heteroatoms. The van der Waals surface area contributed by atoms with Crippen molar-refractivity contribution in [3.8, 4) is 0 Å². The normalized spacial score (nSPS) is 23.3. The maximum absolute atomic E-state index is 12.6. The Kier molecular flexibility index (Phi) is 5.91. The highest BCUT2D eigenvalue weighted by Gasteiger charge is 2.35. The number of carbonyl (C=O) groups is 3. The van der Waals surface area contributed by atoms with Gasteiger partial charge in [-0.15, -0.1) is 0 Å². The molecule has 0 bridgehead atoms. The Morgan fingerprint density at radius 3 is 2.35 bits per heavy atom. The zero-order chi connectivity index (χ0) is 18.5. The summed E-state index contributed by atoms with van der Waals surface area (Å²) in [4.78, 5) is 38.5. The number of anilines is 1. The number of carboxylic acids is 1. The smallest absolute Gasteiger partial charge is 0.307 e. The van der Waals surface area contributed by atoms with Gasteiger partial charge in [0.05, 0.1) is 11.8 Å². The average molecular weight is 358 g/mol. The fourth-order valence-corrected chi connectivity index (χ4v) is 3.98. The molecule has 2 aliphatic rings. The van der Waals surface area contributed by atoms with E-state index < -0.39 is 17.8 Å². The van der Waals surface area contributed by atoms with Crippen molar-refractivity contribution in [2.24, 2.45) is 11.8 Å². The van der Waals surface area contributed by atoms with Crippen LogP contribution in [0.1, 0.15) is 55.3 Å². The van der Waals surface area contributed by atoms with Gasteiger partial charge >= 0.3 is 5.97 Å². The van der Waals surface area contributed by atoms with E-state index in [9.17, 15) is 19.5 Å². The van der Waals surface area contributed by atoms with E-state index in [4.69, 9.17) is 0 Å². The highest BCUT2D eigenvalue weighted by molar-refractivity contribution is 5.98. The number of carboxylic acid groups (broad SMARTS) is 1. The first-order valence-electron chi connectivity index (χ1n) is 9.49. The predicted octanol–water partition coefficient (Wildman–Crippen LogP) is 3.14. The molecule has 26 heavy (non-hydrogen) atoms. The van der Waals surface area contributed by atoms with Crippen LogP contribution in [0.2, 0.25) is 0 Å². The second-order valence-corrected chi connectivity index (χ2v) is 7.26. The average Bonchev–Trinajstić information content (AvgIpc) is 2.68. The van der Waals surface area contributed by atoms with Crippen LogP contribution in [-0.4, -0.2) is 40.9 Å². The number of benzene rings is 1. The molecule has 1 aliphatic carbocycles. The molecule has 1 aromatic carbocycles. The summed E-state index contributed by atoms with van der Waals surface area (Å²) in [5, 5.41) is 12.2. The summed E-state index contributed by atoms with van der Waals surface area (Å²) in [6.07, 6.45) is 6.07. The first-order chi connectivity index (χ1) is 12.6. The monoisotopic (exact) mass is 358 g/mol. The number of hydrogen-bond acceptors (Lipinski definition) is 3. The minimum atomic E-state index is -0.904. The number of nitrogens with zero attached hydrogens (tertiary/aromatic N) is 1. The maximum atomic E-state index is 12.6. The third-order valence-electron chi connectivity index (χ3n) is 5.44. The van der Waals surface area contributed by atoms with Crippen molar-refractivity contribution in [1.82, 2.24) is 4.90 Å².